The Bertz CT molecular complexity index is 268. The third-order valence-corrected chi connectivity index (χ3v) is 4.68. The molecule has 0 aromatic heterocycles. The zero-order valence-corrected chi connectivity index (χ0v) is 14.4. The van der Waals surface area contributed by atoms with Crippen molar-refractivity contribution in [2.75, 3.05) is 20.3 Å². The van der Waals surface area contributed by atoms with E-state index in [-0.39, 0.29) is 11.2 Å². The molecule has 120 valence electrons. The van der Waals surface area contributed by atoms with Crippen LogP contribution < -0.4 is 5.32 Å². The quantitative estimate of drug-likeness (QED) is 0.736. The molecule has 1 fully saturated rings. The lowest BCUT2D eigenvalue weighted by Gasteiger charge is -2.40. The summed E-state index contributed by atoms with van der Waals surface area (Å²) in [6.45, 7) is 12.8. The summed E-state index contributed by atoms with van der Waals surface area (Å²) in [5, 5.41) is 3.58. The minimum absolute atomic E-state index is 0.0423. The van der Waals surface area contributed by atoms with Gasteiger partial charge in [-0.15, -0.1) is 0 Å². The van der Waals surface area contributed by atoms with Gasteiger partial charge in [-0.1, -0.05) is 20.8 Å². The van der Waals surface area contributed by atoms with Crippen LogP contribution in [-0.2, 0) is 9.47 Å². The molecule has 0 unspecified atom stereocenters. The molecular weight excluding hydrogens is 250 g/mol. The van der Waals surface area contributed by atoms with E-state index >= 15 is 0 Å². The minimum Gasteiger partial charge on any atom is -0.379 e. The summed E-state index contributed by atoms with van der Waals surface area (Å²) in [6, 6.07) is 0.519. The van der Waals surface area contributed by atoms with Gasteiger partial charge in [0.15, 0.2) is 0 Å². The number of hydrogen-bond acceptors (Lipinski definition) is 3. The Hall–Kier alpha value is -0.120. The van der Waals surface area contributed by atoms with Crippen molar-refractivity contribution in [3.63, 3.8) is 0 Å². The summed E-state index contributed by atoms with van der Waals surface area (Å²) in [5.74, 6) is 0.848. The van der Waals surface area contributed by atoms with Crippen LogP contribution in [-0.4, -0.2) is 37.5 Å². The Kier molecular flexibility index (Phi) is 6.96. The van der Waals surface area contributed by atoms with E-state index in [0.29, 0.717) is 6.04 Å². The van der Waals surface area contributed by atoms with Gasteiger partial charge in [0.05, 0.1) is 17.8 Å². The van der Waals surface area contributed by atoms with Crippen molar-refractivity contribution < 1.29 is 9.47 Å². The Morgan fingerprint density at radius 3 is 2.35 bits per heavy atom. The molecule has 0 amide bonds. The second-order valence-electron chi connectivity index (χ2n) is 7.46. The van der Waals surface area contributed by atoms with Crippen molar-refractivity contribution in [2.24, 2.45) is 5.92 Å². The molecule has 20 heavy (non-hydrogen) atoms. The monoisotopic (exact) mass is 285 g/mol. The SMILES string of the molecule is COC(C)(C)CCOC1(CNC(C)C)CCC(C)CC1. The number of nitrogens with one attached hydrogen (secondary N) is 1. The first kappa shape index (κ1) is 17.9. The zero-order valence-electron chi connectivity index (χ0n) is 14.4. The minimum atomic E-state index is -0.0887. The van der Waals surface area contributed by atoms with Gasteiger partial charge in [0.2, 0.25) is 0 Å². The summed E-state index contributed by atoms with van der Waals surface area (Å²) in [7, 11) is 1.78. The predicted molar refractivity (Wildman–Crippen MR) is 85.2 cm³/mol. The van der Waals surface area contributed by atoms with E-state index < -0.39 is 0 Å². The van der Waals surface area contributed by atoms with Crippen molar-refractivity contribution in [3.8, 4) is 0 Å². The van der Waals surface area contributed by atoms with Crippen LogP contribution in [0.3, 0.4) is 0 Å². The highest BCUT2D eigenvalue weighted by atomic mass is 16.5. The van der Waals surface area contributed by atoms with E-state index in [1.165, 1.54) is 25.7 Å². The summed E-state index contributed by atoms with van der Waals surface area (Å²) in [4.78, 5) is 0. The van der Waals surface area contributed by atoms with E-state index in [4.69, 9.17) is 9.47 Å². The molecule has 1 aliphatic rings. The first-order valence-electron chi connectivity index (χ1n) is 8.21. The normalized spacial score (nSPS) is 28.1. The Labute approximate surface area is 125 Å². The molecule has 0 bridgehead atoms. The molecule has 0 aromatic rings. The van der Waals surface area contributed by atoms with Crippen LogP contribution in [0.1, 0.15) is 66.7 Å². The van der Waals surface area contributed by atoms with Crippen molar-refractivity contribution in [1.82, 2.24) is 5.32 Å². The third kappa shape index (κ3) is 6.11. The second-order valence-corrected chi connectivity index (χ2v) is 7.46. The maximum absolute atomic E-state index is 6.36. The smallest absolute Gasteiger partial charge is 0.0806 e. The summed E-state index contributed by atoms with van der Waals surface area (Å²) in [6.07, 6.45) is 5.88. The summed E-state index contributed by atoms with van der Waals surface area (Å²) in [5.41, 5.74) is -0.0464. The van der Waals surface area contributed by atoms with E-state index in [2.05, 4.69) is 39.9 Å². The van der Waals surface area contributed by atoms with Crippen LogP contribution in [0, 0.1) is 5.92 Å². The zero-order chi connectivity index (χ0) is 15.2. The predicted octanol–water partition coefficient (Wildman–Crippen LogP) is 3.77. The van der Waals surface area contributed by atoms with Crippen LogP contribution in [0.25, 0.3) is 0 Å². The fourth-order valence-corrected chi connectivity index (χ4v) is 2.67. The van der Waals surface area contributed by atoms with Crippen LogP contribution >= 0.6 is 0 Å². The lowest BCUT2D eigenvalue weighted by atomic mass is 9.79. The molecule has 1 aliphatic carbocycles. The molecule has 0 aliphatic heterocycles. The van der Waals surface area contributed by atoms with Gasteiger partial charge in [0.1, 0.15) is 0 Å². The lowest BCUT2D eigenvalue weighted by molar-refractivity contribution is -0.0962. The molecule has 0 heterocycles. The van der Waals surface area contributed by atoms with Crippen molar-refractivity contribution >= 4 is 0 Å². The first-order chi connectivity index (χ1) is 9.29. The number of hydrogen-bond donors (Lipinski definition) is 1. The van der Waals surface area contributed by atoms with E-state index in [9.17, 15) is 0 Å². The van der Waals surface area contributed by atoms with Crippen LogP contribution in [0.5, 0.6) is 0 Å². The highest BCUT2D eigenvalue weighted by Gasteiger charge is 2.35. The van der Waals surface area contributed by atoms with Crippen molar-refractivity contribution in [2.45, 2.75) is 84.0 Å². The molecule has 3 heteroatoms. The van der Waals surface area contributed by atoms with E-state index in [0.717, 1.165) is 25.5 Å². The number of methoxy groups -OCH3 is 1. The number of rotatable bonds is 8. The van der Waals surface area contributed by atoms with Crippen molar-refractivity contribution in [1.29, 1.82) is 0 Å². The largest absolute Gasteiger partial charge is 0.379 e. The van der Waals surface area contributed by atoms with Gasteiger partial charge >= 0.3 is 0 Å². The third-order valence-electron chi connectivity index (χ3n) is 4.68. The van der Waals surface area contributed by atoms with Crippen LogP contribution in [0.4, 0.5) is 0 Å². The van der Waals surface area contributed by atoms with E-state index in [1.54, 1.807) is 7.11 Å². The van der Waals surface area contributed by atoms with Gasteiger partial charge in [-0.25, -0.2) is 0 Å². The van der Waals surface area contributed by atoms with Crippen LogP contribution in [0.2, 0.25) is 0 Å². The molecular formula is C17H35NO2. The lowest BCUT2D eigenvalue weighted by Crippen LogP contribution is -2.48. The molecule has 0 atom stereocenters. The second kappa shape index (κ2) is 7.77. The fraction of sp³-hybridized carbons (Fsp3) is 1.00. The van der Waals surface area contributed by atoms with Gasteiger partial charge in [0, 0.05) is 19.7 Å². The first-order valence-corrected chi connectivity index (χ1v) is 8.21. The molecule has 0 saturated heterocycles. The standard InChI is InChI=1S/C17H35NO2/c1-14(2)18-13-17(9-7-15(3)8-10-17)20-12-11-16(4,5)19-6/h14-15,18H,7-13H2,1-6H3. The Morgan fingerprint density at radius 1 is 1.25 bits per heavy atom. The van der Waals surface area contributed by atoms with Crippen molar-refractivity contribution in [3.05, 3.63) is 0 Å². The van der Waals surface area contributed by atoms with Gasteiger partial charge < -0.3 is 14.8 Å². The maximum atomic E-state index is 6.36. The highest BCUT2D eigenvalue weighted by Crippen LogP contribution is 2.35. The summed E-state index contributed by atoms with van der Waals surface area (Å²) < 4.78 is 11.8. The molecule has 0 spiro atoms. The van der Waals surface area contributed by atoms with Gasteiger partial charge in [-0.3, -0.25) is 0 Å². The topological polar surface area (TPSA) is 30.5 Å². The molecule has 3 nitrogen and oxygen atoms in total. The molecule has 0 aromatic carbocycles. The Morgan fingerprint density at radius 2 is 1.85 bits per heavy atom. The van der Waals surface area contributed by atoms with Gasteiger partial charge in [0.25, 0.3) is 0 Å². The van der Waals surface area contributed by atoms with Gasteiger partial charge in [-0.05, 0) is 51.9 Å². The summed E-state index contributed by atoms with van der Waals surface area (Å²) >= 11 is 0. The average molecular weight is 285 g/mol. The maximum Gasteiger partial charge on any atom is 0.0806 e. The average Bonchev–Trinajstić information content (AvgIpc) is 2.39. The molecule has 1 saturated carbocycles. The Balaban J connectivity index is 2.50. The van der Waals surface area contributed by atoms with Crippen LogP contribution in [0.15, 0.2) is 0 Å². The van der Waals surface area contributed by atoms with Gasteiger partial charge in [-0.2, -0.15) is 0 Å². The highest BCUT2D eigenvalue weighted by molar-refractivity contribution is 4.89. The molecule has 1 rings (SSSR count). The molecule has 0 radical (unpaired) electrons. The number of ether oxygens (including phenoxy) is 2. The molecule has 1 N–H and O–H groups in total. The fourth-order valence-electron chi connectivity index (χ4n) is 2.67. The van der Waals surface area contributed by atoms with E-state index in [1.807, 2.05) is 0 Å².